The molecule has 1 saturated heterocycles. The maximum absolute atomic E-state index is 13.3. The molecule has 1 aliphatic rings. The van der Waals surface area contributed by atoms with Gasteiger partial charge in [-0.1, -0.05) is 82.4 Å². The van der Waals surface area contributed by atoms with Crippen molar-refractivity contribution in [1.29, 1.82) is 0 Å². The summed E-state index contributed by atoms with van der Waals surface area (Å²) in [5.41, 5.74) is 2.14. The molecule has 37 heavy (non-hydrogen) atoms. The van der Waals surface area contributed by atoms with Crippen molar-refractivity contribution in [3.63, 3.8) is 0 Å². The number of carboxylic acids is 1. The Kier molecular flexibility index (Phi) is 9.07. The number of aliphatic carboxylic acids is 1. The van der Waals surface area contributed by atoms with Crippen LogP contribution in [0.25, 0.3) is 6.08 Å². The highest BCUT2D eigenvalue weighted by atomic mass is 79.9. The van der Waals surface area contributed by atoms with E-state index < -0.39 is 17.9 Å². The van der Waals surface area contributed by atoms with E-state index in [2.05, 4.69) is 31.9 Å². The Bertz CT molecular complexity index is 1380. The van der Waals surface area contributed by atoms with Gasteiger partial charge in [0, 0.05) is 4.47 Å². The molecule has 10 heteroatoms. The highest BCUT2D eigenvalue weighted by Gasteiger charge is 2.41. The average Bonchev–Trinajstić information content (AvgIpc) is 3.12. The molecule has 1 N–H and O–H groups in total. The van der Waals surface area contributed by atoms with Gasteiger partial charge in [0.25, 0.3) is 5.91 Å². The van der Waals surface area contributed by atoms with Gasteiger partial charge in [-0.15, -0.1) is 0 Å². The van der Waals surface area contributed by atoms with E-state index in [0.717, 1.165) is 26.7 Å². The van der Waals surface area contributed by atoms with E-state index in [1.165, 1.54) is 0 Å². The quantitative estimate of drug-likeness (QED) is 0.192. The third-order valence-corrected chi connectivity index (χ3v) is 7.75. The molecule has 1 atom stereocenters. The Morgan fingerprint density at radius 3 is 2.54 bits per heavy atom. The number of rotatable bonds is 9. The Balaban J connectivity index is 1.62. The lowest BCUT2D eigenvalue weighted by Gasteiger charge is -2.23. The number of carboxylic acid groups (broad SMARTS) is 1. The molecule has 4 rings (SSSR count). The van der Waals surface area contributed by atoms with E-state index in [1.807, 2.05) is 37.3 Å². The largest absolute Gasteiger partial charge is 0.490 e. The van der Waals surface area contributed by atoms with Gasteiger partial charge in [0.1, 0.15) is 10.9 Å². The summed E-state index contributed by atoms with van der Waals surface area (Å²) >= 11 is 13.5. The number of nitrogens with zero attached hydrogens (tertiary/aromatic N) is 1. The standard InChI is InChI=1S/C27H21Br2NO5S2/c1-2-34-21-13-17(12-20(29)24(21)35-15-16-7-6-10-19(28)11-16)14-22-25(31)30(27(36)37-22)23(26(32)33)18-8-4-3-5-9-18/h3-14,23H,2,15H2,1H3,(H,32,33)/b22-14+. The van der Waals surface area contributed by atoms with Gasteiger partial charge in [-0.25, -0.2) is 4.79 Å². The van der Waals surface area contributed by atoms with Gasteiger partial charge < -0.3 is 14.6 Å². The lowest BCUT2D eigenvalue weighted by molar-refractivity contribution is -0.145. The number of ether oxygens (including phenoxy) is 2. The highest BCUT2D eigenvalue weighted by molar-refractivity contribution is 9.10. The maximum atomic E-state index is 13.3. The molecule has 0 saturated carbocycles. The van der Waals surface area contributed by atoms with Gasteiger partial charge >= 0.3 is 5.97 Å². The molecule has 1 unspecified atom stereocenters. The number of amides is 1. The van der Waals surface area contributed by atoms with Crippen molar-refractivity contribution in [2.24, 2.45) is 0 Å². The molecule has 6 nitrogen and oxygen atoms in total. The van der Waals surface area contributed by atoms with E-state index >= 15 is 0 Å². The van der Waals surface area contributed by atoms with Crippen molar-refractivity contribution in [2.75, 3.05) is 6.61 Å². The Morgan fingerprint density at radius 1 is 1.11 bits per heavy atom. The minimum absolute atomic E-state index is 0.186. The molecule has 0 aromatic heterocycles. The Hall–Kier alpha value is -2.66. The summed E-state index contributed by atoms with van der Waals surface area (Å²) in [6.45, 7) is 2.63. The van der Waals surface area contributed by atoms with Crippen LogP contribution in [0.15, 0.2) is 80.6 Å². The number of carbonyl (C=O) groups excluding carboxylic acids is 1. The molecule has 1 aliphatic heterocycles. The van der Waals surface area contributed by atoms with E-state index in [1.54, 1.807) is 42.5 Å². The van der Waals surface area contributed by atoms with Crippen LogP contribution in [-0.2, 0) is 16.2 Å². The van der Waals surface area contributed by atoms with E-state index in [0.29, 0.717) is 45.2 Å². The average molecular weight is 663 g/mol. The van der Waals surface area contributed by atoms with Crippen molar-refractivity contribution < 1.29 is 24.2 Å². The van der Waals surface area contributed by atoms with Crippen LogP contribution in [0.2, 0.25) is 0 Å². The van der Waals surface area contributed by atoms with Crippen molar-refractivity contribution in [3.05, 3.63) is 97.3 Å². The molecule has 1 heterocycles. The second kappa shape index (κ2) is 12.3. The first-order chi connectivity index (χ1) is 17.8. The third-order valence-electron chi connectivity index (χ3n) is 5.33. The lowest BCUT2D eigenvalue weighted by Crippen LogP contribution is -2.37. The topological polar surface area (TPSA) is 76.1 Å². The summed E-state index contributed by atoms with van der Waals surface area (Å²) in [4.78, 5) is 26.9. The summed E-state index contributed by atoms with van der Waals surface area (Å²) < 4.78 is 13.7. The SMILES string of the molecule is CCOc1cc(/C=C2/SC(=S)N(C(C(=O)O)c3ccccc3)C2=O)cc(Br)c1OCc1cccc(Br)c1. The van der Waals surface area contributed by atoms with Crippen LogP contribution in [-0.4, -0.2) is 32.8 Å². The molecular weight excluding hydrogens is 642 g/mol. The molecule has 1 fully saturated rings. The van der Waals surface area contributed by atoms with Gasteiger partial charge in [0.15, 0.2) is 17.5 Å². The van der Waals surface area contributed by atoms with Gasteiger partial charge in [-0.3, -0.25) is 9.69 Å². The molecular formula is C27H21Br2NO5S2. The zero-order valence-electron chi connectivity index (χ0n) is 19.5. The van der Waals surface area contributed by atoms with Crippen LogP contribution in [0.1, 0.15) is 29.7 Å². The summed E-state index contributed by atoms with van der Waals surface area (Å²) in [5, 5.41) is 9.89. The minimum atomic E-state index is -1.21. The molecule has 190 valence electrons. The summed E-state index contributed by atoms with van der Waals surface area (Å²) in [6, 6.07) is 18.8. The first kappa shape index (κ1) is 27.4. The molecule has 1 amide bonds. The predicted molar refractivity (Wildman–Crippen MR) is 156 cm³/mol. The van der Waals surface area contributed by atoms with Crippen molar-refractivity contribution in [2.45, 2.75) is 19.6 Å². The van der Waals surface area contributed by atoms with E-state index in [9.17, 15) is 14.7 Å². The summed E-state index contributed by atoms with van der Waals surface area (Å²) in [7, 11) is 0. The zero-order valence-corrected chi connectivity index (χ0v) is 24.3. The molecule has 3 aromatic rings. The predicted octanol–water partition coefficient (Wildman–Crippen LogP) is 7.22. The first-order valence-electron chi connectivity index (χ1n) is 11.2. The van der Waals surface area contributed by atoms with Gasteiger partial charge in [-0.05, 0) is 69.9 Å². The van der Waals surface area contributed by atoms with Gasteiger partial charge in [0.2, 0.25) is 0 Å². The molecule has 0 bridgehead atoms. The number of benzene rings is 3. The Labute approximate surface area is 240 Å². The molecule has 0 aliphatic carbocycles. The van der Waals surface area contributed by atoms with E-state index in [4.69, 9.17) is 21.7 Å². The van der Waals surface area contributed by atoms with Crippen LogP contribution >= 0.6 is 55.8 Å². The van der Waals surface area contributed by atoms with Gasteiger partial charge in [-0.2, -0.15) is 0 Å². The molecule has 3 aromatic carbocycles. The number of carbonyl (C=O) groups is 2. The second-order valence-electron chi connectivity index (χ2n) is 7.88. The highest BCUT2D eigenvalue weighted by Crippen LogP contribution is 2.41. The lowest BCUT2D eigenvalue weighted by atomic mass is 10.1. The smallest absolute Gasteiger partial charge is 0.331 e. The van der Waals surface area contributed by atoms with Crippen LogP contribution < -0.4 is 9.47 Å². The summed E-state index contributed by atoms with van der Waals surface area (Å²) in [6.07, 6.45) is 1.68. The zero-order chi connectivity index (χ0) is 26.5. The fourth-order valence-electron chi connectivity index (χ4n) is 3.75. The summed E-state index contributed by atoms with van der Waals surface area (Å²) in [5.74, 6) is -0.560. The number of thioether (sulfide) groups is 1. The van der Waals surface area contributed by atoms with Crippen LogP contribution in [0, 0.1) is 0 Å². The first-order valence-corrected chi connectivity index (χ1v) is 14.0. The molecule has 0 spiro atoms. The van der Waals surface area contributed by atoms with Crippen LogP contribution in [0.5, 0.6) is 11.5 Å². The molecule has 0 radical (unpaired) electrons. The number of thiocarbonyl (C=S) groups is 1. The monoisotopic (exact) mass is 661 g/mol. The fraction of sp³-hybridized carbons (Fsp3) is 0.148. The van der Waals surface area contributed by atoms with Crippen LogP contribution in [0.3, 0.4) is 0 Å². The number of halogens is 2. The van der Waals surface area contributed by atoms with Crippen molar-refractivity contribution >= 4 is 78.1 Å². The van der Waals surface area contributed by atoms with Crippen LogP contribution in [0.4, 0.5) is 0 Å². The normalized spacial score (nSPS) is 15.2. The minimum Gasteiger partial charge on any atom is -0.490 e. The van der Waals surface area contributed by atoms with Crippen molar-refractivity contribution in [1.82, 2.24) is 4.90 Å². The Morgan fingerprint density at radius 2 is 1.86 bits per heavy atom. The number of hydrogen-bond acceptors (Lipinski definition) is 6. The number of hydrogen-bond donors (Lipinski definition) is 1. The van der Waals surface area contributed by atoms with Crippen molar-refractivity contribution in [3.8, 4) is 11.5 Å². The van der Waals surface area contributed by atoms with E-state index in [-0.39, 0.29) is 4.32 Å². The third kappa shape index (κ3) is 6.43. The fourth-order valence-corrected chi connectivity index (χ4v) is 6.08. The second-order valence-corrected chi connectivity index (χ2v) is 11.3. The maximum Gasteiger partial charge on any atom is 0.331 e. The van der Waals surface area contributed by atoms with Gasteiger partial charge in [0.05, 0.1) is 16.0 Å².